The third kappa shape index (κ3) is 2.71. The highest BCUT2D eigenvalue weighted by Crippen LogP contribution is 2.30. The first kappa shape index (κ1) is 13.9. The number of carbonyl (C=O) groups is 2. The summed E-state index contributed by atoms with van der Waals surface area (Å²) in [6.07, 6.45) is 0.396. The van der Waals surface area contributed by atoms with Crippen molar-refractivity contribution in [1.82, 2.24) is 0 Å². The molecule has 2 N–H and O–H groups in total. The van der Waals surface area contributed by atoms with Gasteiger partial charge in [-0.05, 0) is 30.7 Å². The lowest BCUT2D eigenvalue weighted by atomic mass is 10.0. The van der Waals surface area contributed by atoms with E-state index in [0.29, 0.717) is 17.9 Å². The summed E-state index contributed by atoms with van der Waals surface area (Å²) in [5.41, 5.74) is 2.29. The molecule has 2 aromatic rings. The Morgan fingerprint density at radius 1 is 1.25 bits per heavy atom. The summed E-state index contributed by atoms with van der Waals surface area (Å²) in [5, 5.41) is 11.7. The van der Waals surface area contributed by atoms with Gasteiger partial charge < -0.3 is 14.8 Å². The fraction of sp³-hybridized carbons (Fsp3) is 0.200. The second kappa shape index (κ2) is 5.61. The number of amides is 1. The van der Waals surface area contributed by atoms with Crippen LogP contribution in [-0.4, -0.2) is 17.0 Å². The van der Waals surface area contributed by atoms with Crippen molar-refractivity contribution in [2.45, 2.75) is 20.3 Å². The summed E-state index contributed by atoms with van der Waals surface area (Å²) < 4.78 is 5.29. The molecule has 0 atom stereocenters. The number of hydrogen-bond acceptors (Lipinski definition) is 3. The maximum atomic E-state index is 11.5. The van der Waals surface area contributed by atoms with Crippen molar-refractivity contribution >= 4 is 17.6 Å². The van der Waals surface area contributed by atoms with Crippen LogP contribution in [0.3, 0.4) is 0 Å². The van der Waals surface area contributed by atoms with Gasteiger partial charge in [0.05, 0.1) is 0 Å². The second-order valence-corrected chi connectivity index (χ2v) is 4.35. The predicted molar refractivity (Wildman–Crippen MR) is 74.8 cm³/mol. The topological polar surface area (TPSA) is 79.5 Å². The van der Waals surface area contributed by atoms with E-state index in [9.17, 15) is 9.59 Å². The number of aromatic carboxylic acids is 1. The van der Waals surface area contributed by atoms with Crippen molar-refractivity contribution in [3.63, 3.8) is 0 Å². The molecule has 0 saturated heterocycles. The lowest BCUT2D eigenvalue weighted by Gasteiger charge is -2.10. The molecule has 0 unspecified atom stereocenters. The zero-order valence-electron chi connectivity index (χ0n) is 11.3. The highest BCUT2D eigenvalue weighted by Gasteiger charge is 2.14. The van der Waals surface area contributed by atoms with Gasteiger partial charge in [-0.1, -0.05) is 19.1 Å². The van der Waals surface area contributed by atoms with E-state index < -0.39 is 5.97 Å². The SMILES string of the molecule is CCC(=O)Nc1cccc(-c2ccc(C(=O)O)o2)c1C. The van der Waals surface area contributed by atoms with E-state index in [2.05, 4.69) is 5.32 Å². The first-order chi connectivity index (χ1) is 9.52. The fourth-order valence-electron chi connectivity index (χ4n) is 1.87. The summed E-state index contributed by atoms with van der Waals surface area (Å²) in [7, 11) is 0. The molecule has 2 rings (SSSR count). The normalized spacial score (nSPS) is 10.3. The molecule has 0 aliphatic heterocycles. The van der Waals surface area contributed by atoms with E-state index in [4.69, 9.17) is 9.52 Å². The minimum absolute atomic E-state index is 0.0732. The third-order valence-electron chi connectivity index (χ3n) is 3.01. The lowest BCUT2D eigenvalue weighted by molar-refractivity contribution is -0.115. The molecule has 0 fully saturated rings. The molecular weight excluding hydrogens is 258 g/mol. The standard InChI is InChI=1S/C15H15NO4/c1-3-14(17)16-11-6-4-5-10(9(11)2)12-7-8-13(20-12)15(18)19/h4-8H,3H2,1-2H3,(H,16,17)(H,18,19). The van der Waals surface area contributed by atoms with E-state index >= 15 is 0 Å². The predicted octanol–water partition coefficient (Wildman–Crippen LogP) is 3.30. The Hall–Kier alpha value is -2.56. The van der Waals surface area contributed by atoms with Crippen LogP contribution in [0.5, 0.6) is 0 Å². The number of benzene rings is 1. The number of hydrogen-bond donors (Lipinski definition) is 2. The Labute approximate surface area is 116 Å². The van der Waals surface area contributed by atoms with Gasteiger partial charge in [0.1, 0.15) is 5.76 Å². The molecule has 5 nitrogen and oxygen atoms in total. The van der Waals surface area contributed by atoms with Gasteiger partial charge in [-0.15, -0.1) is 0 Å². The Kier molecular flexibility index (Phi) is 3.89. The van der Waals surface area contributed by atoms with Gasteiger partial charge >= 0.3 is 5.97 Å². The van der Waals surface area contributed by atoms with Gasteiger partial charge in [0.2, 0.25) is 11.7 Å². The summed E-state index contributed by atoms with van der Waals surface area (Å²) in [6.45, 7) is 3.63. The van der Waals surface area contributed by atoms with Crippen LogP contribution < -0.4 is 5.32 Å². The molecule has 0 aliphatic rings. The average molecular weight is 273 g/mol. The summed E-state index contributed by atoms with van der Waals surface area (Å²) >= 11 is 0. The van der Waals surface area contributed by atoms with Crippen LogP contribution in [0.2, 0.25) is 0 Å². The van der Waals surface area contributed by atoms with E-state index in [1.54, 1.807) is 25.1 Å². The number of carboxylic acids is 1. The molecule has 1 aromatic carbocycles. The van der Waals surface area contributed by atoms with Crippen LogP contribution >= 0.6 is 0 Å². The van der Waals surface area contributed by atoms with Crippen LogP contribution in [0.25, 0.3) is 11.3 Å². The fourth-order valence-corrected chi connectivity index (χ4v) is 1.87. The minimum atomic E-state index is -1.11. The molecule has 1 aromatic heterocycles. The molecular formula is C15H15NO4. The molecule has 0 radical (unpaired) electrons. The quantitative estimate of drug-likeness (QED) is 0.895. The molecule has 104 valence electrons. The van der Waals surface area contributed by atoms with Crippen LogP contribution in [0.15, 0.2) is 34.7 Å². The van der Waals surface area contributed by atoms with E-state index in [0.717, 1.165) is 11.1 Å². The van der Waals surface area contributed by atoms with E-state index in [1.807, 2.05) is 13.0 Å². The molecule has 0 saturated carbocycles. The zero-order valence-corrected chi connectivity index (χ0v) is 11.3. The number of carboxylic acid groups (broad SMARTS) is 1. The Bertz CT molecular complexity index is 658. The largest absolute Gasteiger partial charge is 0.475 e. The highest BCUT2D eigenvalue weighted by atomic mass is 16.4. The molecule has 5 heteroatoms. The van der Waals surface area contributed by atoms with Gasteiger partial charge in [-0.3, -0.25) is 4.79 Å². The zero-order chi connectivity index (χ0) is 14.7. The van der Waals surface area contributed by atoms with Gasteiger partial charge in [0, 0.05) is 17.7 Å². The smallest absolute Gasteiger partial charge is 0.371 e. The van der Waals surface area contributed by atoms with Crippen LogP contribution in [0.4, 0.5) is 5.69 Å². The van der Waals surface area contributed by atoms with Gasteiger partial charge in [-0.2, -0.15) is 0 Å². The highest BCUT2D eigenvalue weighted by molar-refractivity contribution is 5.92. The van der Waals surface area contributed by atoms with E-state index in [1.165, 1.54) is 6.07 Å². The summed E-state index contributed by atoms with van der Waals surface area (Å²) in [6, 6.07) is 8.43. The van der Waals surface area contributed by atoms with Crippen molar-refractivity contribution in [2.24, 2.45) is 0 Å². The maximum absolute atomic E-state index is 11.5. The van der Waals surface area contributed by atoms with Crippen LogP contribution in [0, 0.1) is 6.92 Å². The Morgan fingerprint density at radius 2 is 2.00 bits per heavy atom. The number of furan rings is 1. The van der Waals surface area contributed by atoms with Gasteiger partial charge in [0.25, 0.3) is 0 Å². The first-order valence-corrected chi connectivity index (χ1v) is 6.26. The molecule has 20 heavy (non-hydrogen) atoms. The summed E-state index contributed by atoms with van der Waals surface area (Å²) in [5.74, 6) is -0.824. The molecule has 1 amide bonds. The molecule has 1 heterocycles. The molecule has 0 bridgehead atoms. The monoisotopic (exact) mass is 273 g/mol. The van der Waals surface area contributed by atoms with Crippen molar-refractivity contribution in [3.8, 4) is 11.3 Å². The Balaban J connectivity index is 2.39. The molecule has 0 aliphatic carbocycles. The van der Waals surface area contributed by atoms with E-state index in [-0.39, 0.29) is 11.7 Å². The number of nitrogens with one attached hydrogen (secondary N) is 1. The number of rotatable bonds is 4. The van der Waals surface area contributed by atoms with Gasteiger partial charge in [0.15, 0.2) is 0 Å². The average Bonchev–Trinajstić information content (AvgIpc) is 2.90. The Morgan fingerprint density at radius 3 is 2.60 bits per heavy atom. The number of carbonyl (C=O) groups excluding carboxylic acids is 1. The minimum Gasteiger partial charge on any atom is -0.475 e. The summed E-state index contributed by atoms with van der Waals surface area (Å²) in [4.78, 5) is 22.3. The third-order valence-corrected chi connectivity index (χ3v) is 3.01. The van der Waals surface area contributed by atoms with Crippen molar-refractivity contribution in [3.05, 3.63) is 41.7 Å². The molecule has 0 spiro atoms. The maximum Gasteiger partial charge on any atom is 0.371 e. The van der Waals surface area contributed by atoms with Crippen LogP contribution in [-0.2, 0) is 4.79 Å². The van der Waals surface area contributed by atoms with Crippen molar-refractivity contribution in [1.29, 1.82) is 0 Å². The number of anilines is 1. The van der Waals surface area contributed by atoms with Gasteiger partial charge in [-0.25, -0.2) is 4.79 Å². The second-order valence-electron chi connectivity index (χ2n) is 4.35. The van der Waals surface area contributed by atoms with Crippen molar-refractivity contribution in [2.75, 3.05) is 5.32 Å². The first-order valence-electron chi connectivity index (χ1n) is 6.26. The van der Waals surface area contributed by atoms with Crippen molar-refractivity contribution < 1.29 is 19.1 Å². The van der Waals surface area contributed by atoms with Crippen LogP contribution in [0.1, 0.15) is 29.5 Å². The lowest BCUT2D eigenvalue weighted by Crippen LogP contribution is -2.10.